The molecule has 1 rings (SSSR count). The number of hydrogen-bond acceptors (Lipinski definition) is 1. The molecule has 11 heavy (non-hydrogen) atoms. The number of ether oxygens (including phenoxy) is 1. The van der Waals surface area contributed by atoms with Gasteiger partial charge in [0, 0.05) is 0 Å². The summed E-state index contributed by atoms with van der Waals surface area (Å²) in [5.41, 5.74) is 3.22. The Morgan fingerprint density at radius 1 is 1.27 bits per heavy atom. The first-order valence-electron chi connectivity index (χ1n) is 3.67. The summed E-state index contributed by atoms with van der Waals surface area (Å²) in [6, 6.07) is 0. The summed E-state index contributed by atoms with van der Waals surface area (Å²) in [5.74, 6) is 5.56. The van der Waals surface area contributed by atoms with E-state index in [0.717, 1.165) is 0 Å². The Labute approximate surface area is 69.1 Å². The molecule has 0 aromatic heterocycles. The minimum absolute atomic E-state index is 0.0288. The predicted octanol–water partition coefficient (Wildman–Crippen LogP) is 1.27. The molecule has 0 aromatic carbocycles. The van der Waals surface area contributed by atoms with Gasteiger partial charge in [-0.15, -0.1) is 12.0 Å². The number of terminal acetylenes is 1. The smallest absolute Gasteiger partial charge is 0.157 e. The fraction of sp³-hybridized carbons (Fsp3) is 0.556. The van der Waals surface area contributed by atoms with Gasteiger partial charge in [-0.25, -0.2) is 0 Å². The van der Waals surface area contributed by atoms with Gasteiger partial charge in [-0.1, -0.05) is 31.5 Å². The van der Waals surface area contributed by atoms with E-state index in [0.29, 0.717) is 0 Å². The average Bonchev–Trinajstić information content (AvgIpc) is 2.60. The van der Waals surface area contributed by atoms with Gasteiger partial charge in [0.2, 0.25) is 0 Å². The molecule has 2 heteroatoms. The Hall–Kier alpha value is -0.703. The van der Waals surface area contributed by atoms with E-state index in [9.17, 15) is 0 Å². The minimum Gasteiger partial charge on any atom is -0.342 e. The van der Waals surface area contributed by atoms with Crippen molar-refractivity contribution in [3.63, 3.8) is 0 Å². The van der Waals surface area contributed by atoms with Gasteiger partial charge in [0.05, 0.1) is 0 Å². The molecule has 0 spiro atoms. The maximum atomic E-state index is 5.13. The van der Waals surface area contributed by atoms with Crippen molar-refractivity contribution >= 4 is 8.07 Å². The monoisotopic (exact) mass is 164 g/mol. The molecule has 1 heterocycles. The van der Waals surface area contributed by atoms with Crippen molar-refractivity contribution in [3.05, 3.63) is 0 Å². The molecule has 0 aliphatic carbocycles. The summed E-state index contributed by atoms with van der Waals surface area (Å²) in [6.07, 6.45) is 5.14. The topological polar surface area (TPSA) is 12.5 Å². The van der Waals surface area contributed by atoms with Gasteiger partial charge >= 0.3 is 0 Å². The van der Waals surface area contributed by atoms with Gasteiger partial charge in [-0.3, -0.25) is 0 Å². The summed E-state index contributed by atoms with van der Waals surface area (Å²) in [6.45, 7) is 6.60. The standard InChI is InChI=1S/C9H12OSi/c1-5-8-9(10-8)6-7-11(2,3)4/h1,8-9H,2-4H3/t8-,9+/m0/s1. The quantitative estimate of drug-likeness (QED) is 0.298. The lowest BCUT2D eigenvalue weighted by Crippen LogP contribution is -2.16. The van der Waals surface area contributed by atoms with Crippen LogP contribution in [0.1, 0.15) is 0 Å². The van der Waals surface area contributed by atoms with Crippen LogP contribution in [0, 0.1) is 23.8 Å². The lowest BCUT2D eigenvalue weighted by molar-refractivity contribution is 0.421. The van der Waals surface area contributed by atoms with Crippen molar-refractivity contribution in [2.75, 3.05) is 0 Å². The third kappa shape index (κ3) is 2.80. The molecule has 0 bridgehead atoms. The molecule has 1 saturated heterocycles. The maximum absolute atomic E-state index is 5.13. The fourth-order valence-electron chi connectivity index (χ4n) is 0.637. The highest BCUT2D eigenvalue weighted by atomic mass is 28.3. The summed E-state index contributed by atoms with van der Waals surface area (Å²) in [7, 11) is -1.23. The Morgan fingerprint density at radius 3 is 2.27 bits per heavy atom. The van der Waals surface area contributed by atoms with Crippen LogP contribution in [0.15, 0.2) is 0 Å². The first kappa shape index (κ1) is 8.39. The van der Waals surface area contributed by atoms with Crippen LogP contribution in [0.25, 0.3) is 0 Å². The van der Waals surface area contributed by atoms with Gasteiger partial charge in [0.1, 0.15) is 8.07 Å². The van der Waals surface area contributed by atoms with Crippen LogP contribution in [0.2, 0.25) is 19.6 Å². The third-order valence-corrected chi connectivity index (χ3v) is 2.14. The summed E-state index contributed by atoms with van der Waals surface area (Å²) in [5, 5.41) is 0. The van der Waals surface area contributed by atoms with Crippen LogP contribution in [-0.4, -0.2) is 20.3 Å². The van der Waals surface area contributed by atoms with Crippen molar-refractivity contribution < 1.29 is 4.74 Å². The zero-order chi connectivity index (χ0) is 8.48. The van der Waals surface area contributed by atoms with E-state index in [1.807, 2.05) is 0 Å². The maximum Gasteiger partial charge on any atom is 0.157 e. The number of epoxide rings is 1. The zero-order valence-corrected chi connectivity index (χ0v) is 8.14. The van der Waals surface area contributed by atoms with Crippen molar-refractivity contribution in [2.24, 2.45) is 0 Å². The lowest BCUT2D eigenvalue weighted by atomic mass is 10.3. The molecule has 0 N–H and O–H groups in total. The highest BCUT2D eigenvalue weighted by Crippen LogP contribution is 2.19. The normalized spacial score (nSPS) is 28.2. The Bertz CT molecular complexity index is 245. The van der Waals surface area contributed by atoms with Gasteiger partial charge in [-0.2, -0.15) is 0 Å². The number of rotatable bonds is 0. The average molecular weight is 164 g/mol. The molecule has 0 amide bonds. The molecule has 1 fully saturated rings. The van der Waals surface area contributed by atoms with E-state index >= 15 is 0 Å². The molecule has 0 aromatic rings. The third-order valence-electron chi connectivity index (χ3n) is 1.25. The van der Waals surface area contributed by atoms with Gasteiger partial charge < -0.3 is 4.74 Å². The van der Waals surface area contributed by atoms with E-state index in [-0.39, 0.29) is 12.2 Å². The largest absolute Gasteiger partial charge is 0.342 e. The lowest BCUT2D eigenvalue weighted by Gasteiger charge is -2.02. The van der Waals surface area contributed by atoms with E-state index in [1.54, 1.807) is 0 Å². The molecule has 1 aliphatic rings. The van der Waals surface area contributed by atoms with E-state index < -0.39 is 8.07 Å². The van der Waals surface area contributed by atoms with Gasteiger partial charge in [0.25, 0.3) is 0 Å². The van der Waals surface area contributed by atoms with Crippen LogP contribution in [0.5, 0.6) is 0 Å². The van der Waals surface area contributed by atoms with Crippen LogP contribution in [0.3, 0.4) is 0 Å². The molecule has 0 saturated carbocycles. The summed E-state index contributed by atoms with van der Waals surface area (Å²) < 4.78 is 5.07. The summed E-state index contributed by atoms with van der Waals surface area (Å²) >= 11 is 0. The van der Waals surface area contributed by atoms with Crippen LogP contribution >= 0.6 is 0 Å². The molecule has 0 unspecified atom stereocenters. The number of hydrogen-bond donors (Lipinski definition) is 0. The molecule has 1 aliphatic heterocycles. The van der Waals surface area contributed by atoms with Crippen molar-refractivity contribution in [3.8, 4) is 23.8 Å². The van der Waals surface area contributed by atoms with E-state index in [1.165, 1.54) is 0 Å². The Morgan fingerprint density at radius 2 is 1.91 bits per heavy atom. The molecule has 0 radical (unpaired) electrons. The second-order valence-electron chi connectivity index (χ2n) is 3.66. The van der Waals surface area contributed by atoms with Crippen molar-refractivity contribution in [2.45, 2.75) is 31.8 Å². The predicted molar refractivity (Wildman–Crippen MR) is 48.6 cm³/mol. The molecule has 58 valence electrons. The fourth-order valence-corrected chi connectivity index (χ4v) is 1.21. The zero-order valence-electron chi connectivity index (χ0n) is 7.14. The Kier molecular flexibility index (Phi) is 2.09. The van der Waals surface area contributed by atoms with E-state index in [2.05, 4.69) is 37.0 Å². The second kappa shape index (κ2) is 2.74. The van der Waals surface area contributed by atoms with Gasteiger partial charge in [-0.05, 0) is 0 Å². The Balaban J connectivity index is 2.44. The summed E-state index contributed by atoms with van der Waals surface area (Å²) in [4.78, 5) is 0. The van der Waals surface area contributed by atoms with E-state index in [4.69, 9.17) is 11.2 Å². The first-order chi connectivity index (χ1) is 5.03. The van der Waals surface area contributed by atoms with Crippen molar-refractivity contribution in [1.82, 2.24) is 0 Å². The molecular formula is C9H12OSi. The van der Waals surface area contributed by atoms with Crippen LogP contribution in [-0.2, 0) is 4.74 Å². The molecular weight excluding hydrogens is 152 g/mol. The van der Waals surface area contributed by atoms with Crippen molar-refractivity contribution in [1.29, 1.82) is 0 Å². The second-order valence-corrected chi connectivity index (χ2v) is 8.41. The highest BCUT2D eigenvalue weighted by molar-refractivity contribution is 6.83. The van der Waals surface area contributed by atoms with Gasteiger partial charge in [0.15, 0.2) is 12.2 Å². The minimum atomic E-state index is -1.23. The van der Waals surface area contributed by atoms with Crippen LogP contribution in [0.4, 0.5) is 0 Å². The molecule has 1 nitrogen and oxygen atoms in total. The highest BCUT2D eigenvalue weighted by Gasteiger charge is 2.35. The van der Waals surface area contributed by atoms with Crippen LogP contribution < -0.4 is 0 Å². The molecule has 2 atom stereocenters. The SMILES string of the molecule is C#C[C@@H]1O[C@@H]1C#C[Si](C)(C)C. The first-order valence-corrected chi connectivity index (χ1v) is 7.17.